The molecule has 4 aromatic rings. The molecule has 0 saturated heterocycles. The molecule has 35 heavy (non-hydrogen) atoms. The van der Waals surface area contributed by atoms with Crippen LogP contribution >= 0.6 is 0 Å². The fourth-order valence-electron chi connectivity index (χ4n) is 5.31. The fraction of sp³-hybridized carbons (Fsp3) is 0.375. The Morgan fingerprint density at radius 1 is 1.17 bits per heavy atom. The number of nitrogens with two attached hydrogens (primary N) is 1. The molecule has 0 unspecified atom stereocenters. The van der Waals surface area contributed by atoms with Gasteiger partial charge < -0.3 is 16.0 Å². The molecule has 1 aliphatic carbocycles. The third kappa shape index (κ3) is 3.46. The van der Waals surface area contributed by atoms with Crippen LogP contribution in [-0.4, -0.2) is 40.4 Å². The van der Waals surface area contributed by atoms with Crippen molar-refractivity contribution < 1.29 is 4.79 Å². The Hall–Kier alpha value is -4.15. The number of nitrogens with zero attached hydrogens (tertiary/aromatic N) is 6. The van der Waals surface area contributed by atoms with Crippen molar-refractivity contribution in [3.63, 3.8) is 0 Å². The molecule has 178 valence electrons. The summed E-state index contributed by atoms with van der Waals surface area (Å²) in [6.07, 6.45) is 11.7. The zero-order valence-electron chi connectivity index (χ0n) is 19.3. The van der Waals surface area contributed by atoms with Crippen LogP contribution in [0.3, 0.4) is 0 Å². The molecule has 1 aliphatic heterocycles. The van der Waals surface area contributed by atoms with Gasteiger partial charge in [-0.3, -0.25) is 9.59 Å². The van der Waals surface area contributed by atoms with Crippen molar-refractivity contribution in [3.8, 4) is 11.5 Å². The minimum Gasteiger partial charge on any atom is -0.383 e. The van der Waals surface area contributed by atoms with Crippen LogP contribution in [0, 0.1) is 5.92 Å². The Balaban J connectivity index is 1.44. The molecule has 0 aromatic carbocycles. The first kappa shape index (κ1) is 21.4. The van der Waals surface area contributed by atoms with E-state index in [2.05, 4.69) is 30.4 Å². The molecule has 4 N–H and O–H groups in total. The monoisotopic (exact) mass is 471 g/mol. The van der Waals surface area contributed by atoms with Crippen molar-refractivity contribution in [2.75, 3.05) is 11.1 Å². The minimum atomic E-state index is -1.23. The van der Waals surface area contributed by atoms with Gasteiger partial charge in [-0.2, -0.15) is 5.10 Å². The number of nitrogen functional groups attached to an aromatic ring is 1. The molecule has 0 bridgehead atoms. The predicted molar refractivity (Wildman–Crippen MR) is 129 cm³/mol. The number of rotatable bonds is 4. The van der Waals surface area contributed by atoms with E-state index < -0.39 is 5.41 Å². The SMILES string of the molecule is C[C@@]1(c2cc(=O)cc[nH]2)C(=O)Nc2nc(-c3cn4ncnc4c(CC4CCCCC4)n3)nc(N)c21. The van der Waals surface area contributed by atoms with Crippen LogP contribution in [0.25, 0.3) is 17.2 Å². The summed E-state index contributed by atoms with van der Waals surface area (Å²) in [5, 5.41) is 7.13. The molecular weight excluding hydrogens is 446 g/mol. The molecule has 11 nitrogen and oxygen atoms in total. The standard InChI is InChI=1S/C24H25N9O2/c1-24(17-10-14(34)7-8-26-17)18-19(25)30-20(31-21(18)32-23(24)35)16-11-33-22(27-12-28-33)15(29-16)9-13-5-3-2-4-6-13/h7-8,10-13H,2-6,9H2,1H3,(H,26,34)(H3,25,30,31,32,35)/t24-/m0/s1. The highest BCUT2D eigenvalue weighted by atomic mass is 16.2. The second kappa shape index (κ2) is 7.97. The number of amides is 1. The van der Waals surface area contributed by atoms with Gasteiger partial charge in [0.25, 0.3) is 0 Å². The fourth-order valence-corrected chi connectivity index (χ4v) is 5.31. The zero-order chi connectivity index (χ0) is 24.2. The van der Waals surface area contributed by atoms with Crippen molar-refractivity contribution in [1.29, 1.82) is 0 Å². The van der Waals surface area contributed by atoms with Crippen LogP contribution in [0.4, 0.5) is 11.6 Å². The average molecular weight is 472 g/mol. The smallest absolute Gasteiger partial charge is 0.242 e. The maximum atomic E-state index is 13.1. The molecular formula is C24H25N9O2. The molecule has 11 heteroatoms. The number of carbonyl (C=O) groups is 1. The summed E-state index contributed by atoms with van der Waals surface area (Å²) >= 11 is 0. The van der Waals surface area contributed by atoms with Gasteiger partial charge in [-0.15, -0.1) is 0 Å². The van der Waals surface area contributed by atoms with E-state index >= 15 is 0 Å². The zero-order valence-corrected chi connectivity index (χ0v) is 19.3. The number of fused-ring (bicyclic) bond motifs is 2. The van der Waals surface area contributed by atoms with Crippen molar-refractivity contribution in [2.45, 2.75) is 50.9 Å². The molecule has 1 fully saturated rings. The van der Waals surface area contributed by atoms with Crippen LogP contribution in [0.5, 0.6) is 0 Å². The molecule has 5 heterocycles. The predicted octanol–water partition coefficient (Wildman–Crippen LogP) is 2.23. The number of H-pyrrole nitrogens is 1. The maximum absolute atomic E-state index is 13.1. The Labute approximate surface area is 200 Å². The molecule has 6 rings (SSSR count). The van der Waals surface area contributed by atoms with Gasteiger partial charge in [0.05, 0.1) is 17.5 Å². The molecule has 1 saturated carbocycles. The molecule has 0 spiro atoms. The van der Waals surface area contributed by atoms with Gasteiger partial charge >= 0.3 is 0 Å². The number of hydrogen-bond donors (Lipinski definition) is 3. The number of carbonyl (C=O) groups excluding carboxylic acids is 1. The Morgan fingerprint density at radius 2 is 2.00 bits per heavy atom. The number of pyridine rings is 1. The first-order valence-electron chi connectivity index (χ1n) is 11.8. The second-order valence-corrected chi connectivity index (χ2v) is 9.48. The Morgan fingerprint density at radius 3 is 2.80 bits per heavy atom. The summed E-state index contributed by atoms with van der Waals surface area (Å²) in [5.74, 6) is 0.953. The summed E-state index contributed by atoms with van der Waals surface area (Å²) in [5.41, 5.74) is 7.88. The van der Waals surface area contributed by atoms with Gasteiger partial charge in [0.15, 0.2) is 16.9 Å². The van der Waals surface area contributed by atoms with Crippen LogP contribution < -0.4 is 16.5 Å². The van der Waals surface area contributed by atoms with E-state index in [9.17, 15) is 9.59 Å². The molecule has 1 amide bonds. The largest absolute Gasteiger partial charge is 0.383 e. The highest BCUT2D eigenvalue weighted by molar-refractivity contribution is 6.08. The van der Waals surface area contributed by atoms with Gasteiger partial charge in [-0.25, -0.2) is 24.5 Å². The topological polar surface area (TPSA) is 157 Å². The van der Waals surface area contributed by atoms with Crippen LogP contribution in [0.1, 0.15) is 56.0 Å². The summed E-state index contributed by atoms with van der Waals surface area (Å²) < 4.78 is 1.69. The molecule has 2 aliphatic rings. The summed E-state index contributed by atoms with van der Waals surface area (Å²) in [6, 6.07) is 2.78. The van der Waals surface area contributed by atoms with E-state index in [-0.39, 0.29) is 23.0 Å². The lowest BCUT2D eigenvalue weighted by atomic mass is 9.81. The van der Waals surface area contributed by atoms with E-state index in [0.717, 1.165) is 17.8 Å². The quantitative estimate of drug-likeness (QED) is 0.409. The van der Waals surface area contributed by atoms with E-state index in [1.807, 2.05) is 0 Å². The van der Waals surface area contributed by atoms with Crippen LogP contribution in [0.15, 0.2) is 35.6 Å². The number of anilines is 2. The average Bonchev–Trinajstić information content (AvgIpc) is 3.43. The minimum absolute atomic E-state index is 0.143. The molecule has 4 aromatic heterocycles. The van der Waals surface area contributed by atoms with E-state index in [1.54, 1.807) is 17.6 Å². The van der Waals surface area contributed by atoms with Crippen LogP contribution in [-0.2, 0) is 16.6 Å². The third-order valence-corrected chi connectivity index (χ3v) is 7.20. The van der Waals surface area contributed by atoms with Crippen molar-refractivity contribution in [1.82, 2.24) is 34.5 Å². The van der Waals surface area contributed by atoms with Crippen molar-refractivity contribution in [3.05, 3.63) is 58.0 Å². The first-order valence-corrected chi connectivity index (χ1v) is 11.8. The third-order valence-electron chi connectivity index (χ3n) is 7.20. The molecule has 1 atom stereocenters. The lowest BCUT2D eigenvalue weighted by Gasteiger charge is -2.22. The second-order valence-electron chi connectivity index (χ2n) is 9.48. The number of aromatic nitrogens is 7. The Bertz CT molecular complexity index is 1520. The van der Waals surface area contributed by atoms with Gasteiger partial charge in [0.1, 0.15) is 29.1 Å². The number of nitrogens with one attached hydrogen (secondary N) is 2. The maximum Gasteiger partial charge on any atom is 0.242 e. The number of hydrogen-bond acceptors (Lipinski definition) is 8. The first-order chi connectivity index (χ1) is 16.9. The number of aromatic amines is 1. The van der Waals surface area contributed by atoms with E-state index in [1.165, 1.54) is 56.8 Å². The Kier molecular flexibility index (Phi) is 4.87. The van der Waals surface area contributed by atoms with E-state index in [4.69, 9.17) is 10.7 Å². The van der Waals surface area contributed by atoms with Gasteiger partial charge in [0.2, 0.25) is 5.91 Å². The lowest BCUT2D eigenvalue weighted by molar-refractivity contribution is -0.119. The normalized spacial score (nSPS) is 20.2. The van der Waals surface area contributed by atoms with Gasteiger partial charge in [-0.05, 0) is 19.3 Å². The van der Waals surface area contributed by atoms with Crippen molar-refractivity contribution in [2.24, 2.45) is 5.92 Å². The summed E-state index contributed by atoms with van der Waals surface area (Å²) in [7, 11) is 0. The summed E-state index contributed by atoms with van der Waals surface area (Å²) in [6.45, 7) is 1.70. The lowest BCUT2D eigenvalue weighted by Crippen LogP contribution is -2.34. The highest BCUT2D eigenvalue weighted by Gasteiger charge is 2.48. The van der Waals surface area contributed by atoms with E-state index in [0.29, 0.717) is 28.7 Å². The molecule has 0 radical (unpaired) electrons. The summed E-state index contributed by atoms with van der Waals surface area (Å²) in [4.78, 5) is 46.5. The van der Waals surface area contributed by atoms with Crippen LogP contribution in [0.2, 0.25) is 0 Å². The van der Waals surface area contributed by atoms with Gasteiger partial charge in [-0.1, -0.05) is 32.1 Å². The van der Waals surface area contributed by atoms with Gasteiger partial charge in [0, 0.05) is 24.0 Å². The highest BCUT2D eigenvalue weighted by Crippen LogP contribution is 2.43. The van der Waals surface area contributed by atoms with Crippen molar-refractivity contribution >= 4 is 23.2 Å².